The molecular formula is C21H19F2N3O2. The molecule has 7 heteroatoms. The summed E-state index contributed by atoms with van der Waals surface area (Å²) in [5.74, 6) is -2.30. The molecule has 0 fully saturated rings. The molecule has 28 heavy (non-hydrogen) atoms. The van der Waals surface area contributed by atoms with Crippen LogP contribution in [-0.2, 0) is 11.2 Å². The number of amides is 1. The fraction of sp³-hybridized carbons (Fsp3) is 0.238. The first kappa shape index (κ1) is 18.2. The lowest BCUT2D eigenvalue weighted by Crippen LogP contribution is -2.44. The number of benzene rings is 2. The van der Waals surface area contributed by atoms with Crippen molar-refractivity contribution in [3.05, 3.63) is 75.7 Å². The number of carbonyl (C=O) groups excluding carboxylic acids is 1. The van der Waals surface area contributed by atoms with E-state index in [9.17, 15) is 18.4 Å². The number of halogens is 2. The topological polar surface area (TPSA) is 65.2 Å². The molecule has 1 amide bonds. The molecule has 0 aliphatic carbocycles. The predicted octanol–water partition coefficient (Wildman–Crippen LogP) is 3.04. The van der Waals surface area contributed by atoms with E-state index in [-0.39, 0.29) is 22.7 Å². The molecule has 144 valence electrons. The maximum Gasteiger partial charge on any atom is 0.255 e. The Morgan fingerprint density at radius 3 is 2.61 bits per heavy atom. The highest BCUT2D eigenvalue weighted by atomic mass is 19.2. The van der Waals surface area contributed by atoms with Gasteiger partial charge in [0.2, 0.25) is 5.91 Å². The third-order valence-electron chi connectivity index (χ3n) is 5.36. The maximum atomic E-state index is 13.8. The number of hydrogen-bond acceptors (Lipinski definition) is 3. The van der Waals surface area contributed by atoms with Crippen LogP contribution in [0.5, 0.6) is 0 Å². The van der Waals surface area contributed by atoms with Crippen LogP contribution in [0.25, 0.3) is 10.8 Å². The summed E-state index contributed by atoms with van der Waals surface area (Å²) < 4.78 is 27.3. The smallest absolute Gasteiger partial charge is 0.255 e. The fourth-order valence-corrected chi connectivity index (χ4v) is 3.83. The van der Waals surface area contributed by atoms with Gasteiger partial charge in [-0.1, -0.05) is 18.2 Å². The van der Waals surface area contributed by atoms with Crippen molar-refractivity contribution >= 4 is 22.4 Å². The summed E-state index contributed by atoms with van der Waals surface area (Å²) in [7, 11) is 1.87. The Balaban J connectivity index is 1.62. The lowest BCUT2D eigenvalue weighted by atomic mass is 10.0. The van der Waals surface area contributed by atoms with E-state index in [1.54, 1.807) is 6.92 Å². The van der Waals surface area contributed by atoms with Gasteiger partial charge in [0.05, 0.1) is 11.4 Å². The van der Waals surface area contributed by atoms with E-state index >= 15 is 0 Å². The molecule has 1 aliphatic heterocycles. The van der Waals surface area contributed by atoms with Crippen molar-refractivity contribution in [2.45, 2.75) is 25.4 Å². The molecule has 0 unspecified atom stereocenters. The van der Waals surface area contributed by atoms with E-state index < -0.39 is 23.2 Å². The number of pyridine rings is 1. The lowest BCUT2D eigenvalue weighted by Gasteiger charge is -2.24. The van der Waals surface area contributed by atoms with Gasteiger partial charge in [-0.3, -0.25) is 9.59 Å². The number of H-pyrrole nitrogens is 1. The van der Waals surface area contributed by atoms with Crippen LogP contribution in [0.2, 0.25) is 0 Å². The second-order valence-corrected chi connectivity index (χ2v) is 7.07. The van der Waals surface area contributed by atoms with Crippen LogP contribution in [0.1, 0.15) is 24.1 Å². The minimum atomic E-state index is -1.09. The Kier molecular flexibility index (Phi) is 4.37. The highest BCUT2D eigenvalue weighted by Crippen LogP contribution is 2.31. The number of para-hydroxylation sites is 1. The first-order chi connectivity index (χ1) is 13.4. The van der Waals surface area contributed by atoms with Crippen molar-refractivity contribution in [1.29, 1.82) is 0 Å². The highest BCUT2D eigenvalue weighted by Gasteiger charge is 2.32. The molecular weight excluding hydrogens is 364 g/mol. The van der Waals surface area contributed by atoms with Gasteiger partial charge in [0, 0.05) is 25.4 Å². The zero-order valence-corrected chi connectivity index (χ0v) is 15.4. The molecule has 2 atom stereocenters. The normalized spacial score (nSPS) is 16.9. The van der Waals surface area contributed by atoms with Crippen LogP contribution in [0.15, 0.2) is 47.4 Å². The summed E-state index contributed by atoms with van der Waals surface area (Å²) in [5.41, 5.74) is 2.12. The van der Waals surface area contributed by atoms with Crippen LogP contribution >= 0.6 is 0 Å². The average molecular weight is 383 g/mol. The van der Waals surface area contributed by atoms with Crippen molar-refractivity contribution in [2.24, 2.45) is 0 Å². The van der Waals surface area contributed by atoms with Crippen LogP contribution in [0.3, 0.4) is 0 Å². The van der Waals surface area contributed by atoms with Crippen molar-refractivity contribution in [2.75, 3.05) is 11.9 Å². The zero-order chi connectivity index (χ0) is 20.0. The van der Waals surface area contributed by atoms with Gasteiger partial charge in [0.15, 0.2) is 11.6 Å². The lowest BCUT2D eigenvalue weighted by molar-refractivity contribution is -0.122. The van der Waals surface area contributed by atoms with Crippen LogP contribution in [-0.4, -0.2) is 24.0 Å². The van der Waals surface area contributed by atoms with Gasteiger partial charge in [-0.15, -0.1) is 0 Å². The highest BCUT2D eigenvalue weighted by molar-refractivity contribution is 5.90. The van der Waals surface area contributed by atoms with E-state index in [4.69, 9.17) is 0 Å². The largest absolute Gasteiger partial charge is 0.362 e. The molecule has 2 N–H and O–H groups in total. The number of rotatable bonds is 3. The van der Waals surface area contributed by atoms with Gasteiger partial charge < -0.3 is 15.2 Å². The van der Waals surface area contributed by atoms with Gasteiger partial charge >= 0.3 is 0 Å². The molecule has 0 saturated heterocycles. The third-order valence-corrected chi connectivity index (χ3v) is 5.36. The standard InChI is InChI=1S/C21H19F2N3O2/c1-11(15-10-24-20(27)14-9-17(23)16(22)8-13(14)15)25-21(28)19-7-12-5-3-4-6-18(12)26(19)2/h3-6,8-11,19H,7H2,1-2H3,(H,24,27)(H,25,28)/t11-,19-/m0/s1. The Morgan fingerprint density at radius 1 is 1.21 bits per heavy atom. The Hall–Kier alpha value is -3.22. The first-order valence-corrected chi connectivity index (χ1v) is 8.98. The fourth-order valence-electron chi connectivity index (χ4n) is 3.83. The number of carbonyl (C=O) groups is 1. The Labute approximate surface area is 160 Å². The van der Waals surface area contributed by atoms with E-state index in [1.165, 1.54) is 6.20 Å². The van der Waals surface area contributed by atoms with E-state index in [0.717, 1.165) is 23.4 Å². The quantitative estimate of drug-likeness (QED) is 0.731. The van der Waals surface area contributed by atoms with Crippen molar-refractivity contribution in [3.8, 4) is 0 Å². The minimum Gasteiger partial charge on any atom is -0.362 e. The van der Waals surface area contributed by atoms with E-state index in [1.807, 2.05) is 36.2 Å². The minimum absolute atomic E-state index is 0.0443. The van der Waals surface area contributed by atoms with Crippen molar-refractivity contribution in [1.82, 2.24) is 10.3 Å². The number of aromatic amines is 1. The summed E-state index contributed by atoms with van der Waals surface area (Å²) in [6.07, 6.45) is 2.03. The van der Waals surface area contributed by atoms with Crippen molar-refractivity contribution in [3.63, 3.8) is 0 Å². The van der Waals surface area contributed by atoms with Gasteiger partial charge in [0.1, 0.15) is 6.04 Å². The molecule has 5 nitrogen and oxygen atoms in total. The number of anilines is 1. The molecule has 3 aromatic rings. The van der Waals surface area contributed by atoms with Crippen LogP contribution in [0.4, 0.5) is 14.5 Å². The summed E-state index contributed by atoms with van der Waals surface area (Å²) in [4.78, 5) is 29.3. The Bertz CT molecular complexity index is 1140. The van der Waals surface area contributed by atoms with E-state index in [2.05, 4.69) is 10.3 Å². The molecule has 2 aromatic carbocycles. The number of nitrogens with zero attached hydrogens (tertiary/aromatic N) is 1. The van der Waals surface area contributed by atoms with Crippen LogP contribution < -0.4 is 15.8 Å². The van der Waals surface area contributed by atoms with Crippen molar-refractivity contribution < 1.29 is 13.6 Å². The second-order valence-electron chi connectivity index (χ2n) is 7.07. The molecule has 0 saturated carbocycles. The number of likely N-dealkylation sites (N-methyl/N-ethyl adjacent to an activating group) is 1. The number of nitrogens with one attached hydrogen (secondary N) is 2. The van der Waals surface area contributed by atoms with Crippen LogP contribution in [0, 0.1) is 11.6 Å². The molecule has 0 radical (unpaired) electrons. The number of aromatic nitrogens is 1. The molecule has 4 rings (SSSR count). The molecule has 1 aliphatic rings. The average Bonchev–Trinajstić information content (AvgIpc) is 3.01. The van der Waals surface area contributed by atoms with Gasteiger partial charge in [-0.25, -0.2) is 8.78 Å². The summed E-state index contributed by atoms with van der Waals surface area (Å²) in [6.45, 7) is 1.74. The predicted molar refractivity (Wildman–Crippen MR) is 103 cm³/mol. The zero-order valence-electron chi connectivity index (χ0n) is 15.4. The Morgan fingerprint density at radius 2 is 1.89 bits per heavy atom. The second kappa shape index (κ2) is 6.74. The molecule has 1 aromatic heterocycles. The van der Waals surface area contributed by atoms with Gasteiger partial charge in [0.25, 0.3) is 5.56 Å². The number of hydrogen-bond donors (Lipinski definition) is 2. The van der Waals surface area contributed by atoms with Gasteiger partial charge in [-0.2, -0.15) is 0 Å². The summed E-state index contributed by atoms with van der Waals surface area (Å²) >= 11 is 0. The monoisotopic (exact) mass is 383 g/mol. The molecule has 2 heterocycles. The van der Waals surface area contributed by atoms with E-state index in [0.29, 0.717) is 12.0 Å². The summed E-state index contributed by atoms with van der Waals surface area (Å²) in [6, 6.07) is 8.84. The summed E-state index contributed by atoms with van der Waals surface area (Å²) in [5, 5.41) is 3.25. The van der Waals surface area contributed by atoms with Gasteiger partial charge in [-0.05, 0) is 41.6 Å². The SMILES string of the molecule is C[C@H](NC(=O)[C@@H]1Cc2ccccc2N1C)c1c[nH]c(=O)c2cc(F)c(F)cc12. The first-order valence-electron chi connectivity index (χ1n) is 8.98. The molecule has 0 spiro atoms. The number of fused-ring (bicyclic) bond motifs is 2. The third kappa shape index (κ3) is 2.93. The maximum absolute atomic E-state index is 13.8. The molecule has 0 bridgehead atoms.